The number of aliphatic imine (C=N–C) groups is 1. The van der Waals surface area contributed by atoms with Gasteiger partial charge in [-0.25, -0.2) is 9.98 Å². The van der Waals surface area contributed by atoms with Crippen LogP contribution >= 0.6 is 35.3 Å². The fourth-order valence-corrected chi connectivity index (χ4v) is 3.65. The third kappa shape index (κ3) is 6.49. The fraction of sp³-hybridized carbons (Fsp3) is 0.429. The number of aryl methyl sites for hydroxylation is 1. The first-order chi connectivity index (χ1) is 13.9. The average Bonchev–Trinajstić information content (AvgIpc) is 3.32. The maximum Gasteiger partial charge on any atom is 0.192 e. The first kappa shape index (κ1) is 24.3. The van der Waals surface area contributed by atoms with Crippen molar-refractivity contribution >= 4 is 41.3 Å². The molecule has 7 nitrogen and oxygen atoms in total. The molecule has 0 aliphatic carbocycles. The van der Waals surface area contributed by atoms with E-state index in [0.29, 0.717) is 19.0 Å². The van der Waals surface area contributed by atoms with Gasteiger partial charge in [-0.1, -0.05) is 44.2 Å². The van der Waals surface area contributed by atoms with Crippen LogP contribution in [0.4, 0.5) is 0 Å². The number of guanidine groups is 1. The van der Waals surface area contributed by atoms with E-state index < -0.39 is 0 Å². The second-order valence-corrected chi connectivity index (χ2v) is 8.28. The van der Waals surface area contributed by atoms with Crippen LogP contribution in [0.25, 0.3) is 0 Å². The molecule has 0 aliphatic rings. The topological polar surface area (TPSA) is 80.0 Å². The molecule has 0 aliphatic heterocycles. The number of halogens is 1. The quantitative estimate of drug-likeness (QED) is 0.266. The normalized spacial score (nSPS) is 12.5. The Morgan fingerprint density at radius 1 is 1.17 bits per heavy atom. The highest BCUT2D eigenvalue weighted by atomic mass is 127. The van der Waals surface area contributed by atoms with Crippen LogP contribution in [0, 0.1) is 6.92 Å². The minimum Gasteiger partial charge on any atom is -0.350 e. The van der Waals surface area contributed by atoms with Crippen molar-refractivity contribution in [3.8, 4) is 0 Å². The van der Waals surface area contributed by atoms with E-state index >= 15 is 0 Å². The molecule has 2 aromatic heterocycles. The van der Waals surface area contributed by atoms with Crippen molar-refractivity contribution in [2.45, 2.75) is 52.7 Å². The Kier molecular flexibility index (Phi) is 9.22. The summed E-state index contributed by atoms with van der Waals surface area (Å²) in [5.41, 5.74) is 2.33. The zero-order valence-electron chi connectivity index (χ0n) is 18.1. The van der Waals surface area contributed by atoms with Gasteiger partial charge in [-0.05, 0) is 25.3 Å². The third-order valence-corrected chi connectivity index (χ3v) is 5.65. The second-order valence-electron chi connectivity index (χ2n) is 7.34. The maximum atomic E-state index is 4.74. The monoisotopic (exact) mass is 539 g/mol. The SMILES string of the molecule is Cc1nnc(CN=C(NCc2nc(C(C)C)cs2)NC(C)c2ccccc2)n1C.I. The Bertz CT molecular complexity index is 949. The molecular weight excluding hydrogens is 509 g/mol. The molecule has 2 heterocycles. The van der Waals surface area contributed by atoms with Gasteiger partial charge in [0.25, 0.3) is 0 Å². The predicted octanol–water partition coefficient (Wildman–Crippen LogP) is 4.32. The molecule has 0 spiro atoms. The van der Waals surface area contributed by atoms with Crippen molar-refractivity contribution in [3.63, 3.8) is 0 Å². The van der Waals surface area contributed by atoms with Gasteiger partial charge in [0.05, 0.1) is 18.3 Å². The highest BCUT2D eigenvalue weighted by molar-refractivity contribution is 14.0. The van der Waals surface area contributed by atoms with Gasteiger partial charge in [0, 0.05) is 12.4 Å². The smallest absolute Gasteiger partial charge is 0.192 e. The number of rotatable bonds is 7. The Labute approximate surface area is 199 Å². The highest BCUT2D eigenvalue weighted by Crippen LogP contribution is 2.17. The number of nitrogens with zero attached hydrogens (tertiary/aromatic N) is 5. The van der Waals surface area contributed by atoms with E-state index in [2.05, 4.69) is 59.1 Å². The van der Waals surface area contributed by atoms with E-state index in [1.54, 1.807) is 11.3 Å². The van der Waals surface area contributed by atoms with Gasteiger partial charge < -0.3 is 15.2 Å². The predicted molar refractivity (Wildman–Crippen MR) is 133 cm³/mol. The summed E-state index contributed by atoms with van der Waals surface area (Å²) in [5.74, 6) is 2.86. The van der Waals surface area contributed by atoms with Crippen LogP contribution in [0.2, 0.25) is 0 Å². The molecule has 9 heteroatoms. The first-order valence-corrected chi connectivity index (χ1v) is 10.7. The van der Waals surface area contributed by atoms with Gasteiger partial charge in [0.15, 0.2) is 11.8 Å². The molecule has 0 fully saturated rings. The van der Waals surface area contributed by atoms with Gasteiger partial charge in [-0.3, -0.25) is 0 Å². The molecule has 3 rings (SSSR count). The van der Waals surface area contributed by atoms with E-state index in [0.717, 1.165) is 28.3 Å². The number of aromatic nitrogens is 4. The molecule has 0 amide bonds. The summed E-state index contributed by atoms with van der Waals surface area (Å²) >= 11 is 1.67. The highest BCUT2D eigenvalue weighted by Gasteiger charge is 2.11. The van der Waals surface area contributed by atoms with Crippen LogP contribution in [0.3, 0.4) is 0 Å². The standard InChI is InChI=1S/C21H29N7S.HI/c1-14(2)18-13-29-20(25-18)12-23-21(22-11-19-27-26-16(4)28(19)5)24-15(3)17-9-7-6-8-10-17;/h6-10,13-15H,11-12H2,1-5H3,(H2,22,23,24);1H. The largest absolute Gasteiger partial charge is 0.350 e. The van der Waals surface area contributed by atoms with Gasteiger partial charge in [-0.15, -0.1) is 45.5 Å². The van der Waals surface area contributed by atoms with Gasteiger partial charge >= 0.3 is 0 Å². The molecule has 1 aromatic carbocycles. The van der Waals surface area contributed by atoms with Gasteiger partial charge in [-0.2, -0.15) is 0 Å². The van der Waals surface area contributed by atoms with Crippen molar-refractivity contribution in [2.24, 2.45) is 12.0 Å². The second kappa shape index (κ2) is 11.4. The Morgan fingerprint density at radius 2 is 1.90 bits per heavy atom. The van der Waals surface area contributed by atoms with Crippen LogP contribution in [-0.4, -0.2) is 25.7 Å². The summed E-state index contributed by atoms with van der Waals surface area (Å²) < 4.78 is 1.96. The lowest BCUT2D eigenvalue weighted by Gasteiger charge is -2.18. The molecule has 30 heavy (non-hydrogen) atoms. The Hall–Kier alpha value is -2.01. The van der Waals surface area contributed by atoms with E-state index in [1.165, 1.54) is 5.56 Å². The molecule has 0 saturated heterocycles. The molecule has 1 atom stereocenters. The van der Waals surface area contributed by atoms with Crippen LogP contribution in [0.1, 0.15) is 60.6 Å². The summed E-state index contributed by atoms with van der Waals surface area (Å²) in [4.78, 5) is 9.44. The number of benzene rings is 1. The van der Waals surface area contributed by atoms with Crippen LogP contribution in [-0.2, 0) is 20.1 Å². The van der Waals surface area contributed by atoms with Gasteiger partial charge in [0.1, 0.15) is 17.4 Å². The summed E-state index contributed by atoms with van der Waals surface area (Å²) in [6.07, 6.45) is 0. The molecule has 2 N–H and O–H groups in total. The first-order valence-electron chi connectivity index (χ1n) is 9.83. The average molecular weight is 539 g/mol. The van der Waals surface area contributed by atoms with E-state index in [-0.39, 0.29) is 30.0 Å². The minimum absolute atomic E-state index is 0. The van der Waals surface area contributed by atoms with E-state index in [1.807, 2.05) is 36.7 Å². The summed E-state index contributed by atoms with van der Waals surface area (Å²) in [7, 11) is 1.95. The van der Waals surface area contributed by atoms with Crippen molar-refractivity contribution in [3.05, 3.63) is 63.6 Å². The zero-order chi connectivity index (χ0) is 20.8. The lowest BCUT2D eigenvalue weighted by molar-refractivity contribution is 0.675. The van der Waals surface area contributed by atoms with Crippen LogP contribution in [0.5, 0.6) is 0 Å². The third-order valence-electron chi connectivity index (χ3n) is 4.78. The van der Waals surface area contributed by atoms with Crippen molar-refractivity contribution in [1.82, 2.24) is 30.4 Å². The molecule has 1 unspecified atom stereocenters. The van der Waals surface area contributed by atoms with Gasteiger partial charge in [0.2, 0.25) is 0 Å². The number of hydrogen-bond acceptors (Lipinski definition) is 5. The molecular formula is C21H30IN7S. The number of hydrogen-bond donors (Lipinski definition) is 2. The van der Waals surface area contributed by atoms with Crippen LogP contribution in [0.15, 0.2) is 40.7 Å². The lowest BCUT2D eigenvalue weighted by Crippen LogP contribution is -2.38. The Morgan fingerprint density at radius 3 is 2.50 bits per heavy atom. The van der Waals surface area contributed by atoms with Crippen molar-refractivity contribution < 1.29 is 0 Å². The molecule has 0 saturated carbocycles. The maximum absolute atomic E-state index is 4.74. The number of thiazole rings is 1. The molecule has 162 valence electrons. The number of nitrogens with one attached hydrogen (secondary N) is 2. The van der Waals surface area contributed by atoms with E-state index in [9.17, 15) is 0 Å². The van der Waals surface area contributed by atoms with E-state index in [4.69, 9.17) is 9.98 Å². The van der Waals surface area contributed by atoms with Crippen molar-refractivity contribution in [1.29, 1.82) is 0 Å². The molecule has 0 radical (unpaired) electrons. The minimum atomic E-state index is 0. The van der Waals surface area contributed by atoms with Crippen LogP contribution < -0.4 is 10.6 Å². The Balaban J connectivity index is 0.00000320. The molecule has 0 bridgehead atoms. The fourth-order valence-electron chi connectivity index (χ4n) is 2.75. The van der Waals surface area contributed by atoms with Crippen molar-refractivity contribution in [2.75, 3.05) is 0 Å². The summed E-state index contributed by atoms with van der Waals surface area (Å²) in [6.45, 7) is 9.45. The molecule has 3 aromatic rings. The summed E-state index contributed by atoms with van der Waals surface area (Å²) in [6, 6.07) is 10.4. The zero-order valence-corrected chi connectivity index (χ0v) is 21.2. The summed E-state index contributed by atoms with van der Waals surface area (Å²) in [5, 5.41) is 18.4. The lowest BCUT2D eigenvalue weighted by atomic mass is 10.1.